The summed E-state index contributed by atoms with van der Waals surface area (Å²) in [6.45, 7) is 8.15. The average molecular weight is 232 g/mol. The summed E-state index contributed by atoms with van der Waals surface area (Å²) in [6.07, 6.45) is 0. The van der Waals surface area contributed by atoms with Crippen LogP contribution in [-0.4, -0.2) is 11.5 Å². The zero-order valence-corrected chi connectivity index (χ0v) is 10.4. The lowest BCUT2D eigenvalue weighted by Crippen LogP contribution is -2.38. The molecule has 1 aromatic heterocycles. The molecule has 1 aromatic carbocycles. The van der Waals surface area contributed by atoms with Gasteiger partial charge in [-0.15, -0.1) is 0 Å². The van der Waals surface area contributed by atoms with Crippen LogP contribution in [0.5, 0.6) is 0 Å². The first kappa shape index (κ1) is 10.8. The molecule has 0 atom stereocenters. The van der Waals surface area contributed by atoms with Crippen LogP contribution in [0.25, 0.3) is 10.9 Å². The van der Waals surface area contributed by atoms with Gasteiger partial charge in [-0.25, -0.2) is 4.39 Å². The van der Waals surface area contributed by atoms with Crippen LogP contribution in [-0.2, 0) is 12.0 Å². The highest BCUT2D eigenvalue weighted by molar-refractivity contribution is 5.89. The molecular weight excluding hydrogens is 215 g/mol. The van der Waals surface area contributed by atoms with Gasteiger partial charge >= 0.3 is 0 Å². The summed E-state index contributed by atoms with van der Waals surface area (Å²) >= 11 is 0. The minimum atomic E-state index is -0.157. The number of aryl methyl sites for hydroxylation is 1. The van der Waals surface area contributed by atoms with Crippen molar-refractivity contribution in [3.05, 3.63) is 34.8 Å². The summed E-state index contributed by atoms with van der Waals surface area (Å²) in [7, 11) is 0. The molecule has 1 aliphatic heterocycles. The lowest BCUT2D eigenvalue weighted by atomic mass is 9.83. The van der Waals surface area contributed by atoms with Crippen molar-refractivity contribution < 1.29 is 4.39 Å². The molecule has 0 saturated carbocycles. The molecule has 0 aliphatic carbocycles. The Hall–Kier alpha value is -1.35. The third-order valence-corrected chi connectivity index (χ3v) is 3.76. The minimum absolute atomic E-state index is 0.0332. The van der Waals surface area contributed by atoms with Crippen molar-refractivity contribution in [1.29, 1.82) is 0 Å². The van der Waals surface area contributed by atoms with Gasteiger partial charge in [-0.2, -0.15) is 0 Å². The van der Waals surface area contributed by atoms with E-state index in [2.05, 4.69) is 24.1 Å². The lowest BCUT2D eigenvalue weighted by molar-refractivity contribution is 0.427. The molecule has 0 radical (unpaired) electrons. The molecule has 0 amide bonds. The van der Waals surface area contributed by atoms with E-state index in [4.69, 9.17) is 0 Å². The van der Waals surface area contributed by atoms with Crippen LogP contribution in [0, 0.1) is 12.7 Å². The average Bonchev–Trinajstić information content (AvgIpc) is 2.65. The van der Waals surface area contributed by atoms with E-state index in [1.807, 2.05) is 13.0 Å². The van der Waals surface area contributed by atoms with E-state index in [9.17, 15) is 4.39 Å². The summed E-state index contributed by atoms with van der Waals surface area (Å²) < 4.78 is 13.9. The topological polar surface area (TPSA) is 27.8 Å². The summed E-state index contributed by atoms with van der Waals surface area (Å²) in [6, 6.07) is 3.40. The molecule has 0 bridgehead atoms. The molecule has 0 spiro atoms. The van der Waals surface area contributed by atoms with Gasteiger partial charge in [-0.05, 0) is 24.1 Å². The Bertz CT molecular complexity index is 596. The molecule has 1 aliphatic rings. The van der Waals surface area contributed by atoms with Crippen molar-refractivity contribution in [2.75, 3.05) is 6.54 Å². The Kier molecular flexibility index (Phi) is 2.11. The van der Waals surface area contributed by atoms with Crippen LogP contribution in [0.3, 0.4) is 0 Å². The number of benzene rings is 1. The van der Waals surface area contributed by atoms with Crippen molar-refractivity contribution in [1.82, 2.24) is 10.3 Å². The highest BCUT2D eigenvalue weighted by atomic mass is 19.1. The lowest BCUT2D eigenvalue weighted by Gasteiger charge is -2.30. The van der Waals surface area contributed by atoms with Gasteiger partial charge in [0.05, 0.1) is 5.52 Å². The van der Waals surface area contributed by atoms with E-state index in [1.165, 1.54) is 11.3 Å². The second-order valence-electron chi connectivity index (χ2n) is 5.58. The quantitative estimate of drug-likeness (QED) is 0.718. The molecule has 17 heavy (non-hydrogen) atoms. The fourth-order valence-corrected chi connectivity index (χ4v) is 2.86. The van der Waals surface area contributed by atoms with Crippen molar-refractivity contribution in [2.45, 2.75) is 32.7 Å². The van der Waals surface area contributed by atoms with Crippen LogP contribution >= 0.6 is 0 Å². The number of fused-ring (bicyclic) bond motifs is 3. The van der Waals surface area contributed by atoms with Crippen molar-refractivity contribution >= 4 is 10.9 Å². The fourth-order valence-electron chi connectivity index (χ4n) is 2.86. The van der Waals surface area contributed by atoms with Crippen LogP contribution < -0.4 is 5.32 Å². The third kappa shape index (κ3) is 1.42. The molecule has 2 heterocycles. The highest BCUT2D eigenvalue weighted by Crippen LogP contribution is 2.36. The maximum absolute atomic E-state index is 13.9. The molecule has 90 valence electrons. The Labute approximate surface area is 100 Å². The minimum Gasteiger partial charge on any atom is -0.355 e. The van der Waals surface area contributed by atoms with Crippen LogP contribution in [0.15, 0.2) is 12.1 Å². The molecular formula is C14H17FN2. The van der Waals surface area contributed by atoms with E-state index >= 15 is 0 Å². The largest absolute Gasteiger partial charge is 0.355 e. The van der Waals surface area contributed by atoms with Crippen molar-refractivity contribution in [2.24, 2.45) is 0 Å². The van der Waals surface area contributed by atoms with E-state index in [0.717, 1.165) is 24.0 Å². The van der Waals surface area contributed by atoms with Gasteiger partial charge in [-0.3, -0.25) is 0 Å². The number of hydrogen-bond acceptors (Lipinski definition) is 1. The van der Waals surface area contributed by atoms with Crippen molar-refractivity contribution in [3.63, 3.8) is 0 Å². The first-order chi connectivity index (χ1) is 8.00. The molecule has 3 heteroatoms. The Morgan fingerprint density at radius 1 is 1.29 bits per heavy atom. The van der Waals surface area contributed by atoms with Crippen molar-refractivity contribution in [3.8, 4) is 0 Å². The molecule has 0 fully saturated rings. The van der Waals surface area contributed by atoms with E-state index in [0.29, 0.717) is 5.52 Å². The zero-order chi connectivity index (χ0) is 12.2. The van der Waals surface area contributed by atoms with Crippen LogP contribution in [0.2, 0.25) is 0 Å². The van der Waals surface area contributed by atoms with Gasteiger partial charge in [0.15, 0.2) is 0 Å². The van der Waals surface area contributed by atoms with Gasteiger partial charge in [0.25, 0.3) is 0 Å². The first-order valence-corrected chi connectivity index (χ1v) is 6.01. The van der Waals surface area contributed by atoms with Gasteiger partial charge in [0.2, 0.25) is 0 Å². The van der Waals surface area contributed by atoms with Gasteiger partial charge in [-0.1, -0.05) is 19.9 Å². The SMILES string of the molecule is Cc1ccc(F)c2[nH]c3c(c12)CNCC3(C)C. The summed E-state index contributed by atoms with van der Waals surface area (Å²) in [4.78, 5) is 3.30. The van der Waals surface area contributed by atoms with Crippen LogP contribution in [0.1, 0.15) is 30.7 Å². The first-order valence-electron chi connectivity index (χ1n) is 6.01. The van der Waals surface area contributed by atoms with E-state index in [-0.39, 0.29) is 11.2 Å². The molecule has 3 rings (SSSR count). The summed E-state index contributed by atoms with van der Waals surface area (Å²) in [5.41, 5.74) is 4.24. The second-order valence-corrected chi connectivity index (χ2v) is 5.58. The van der Waals surface area contributed by atoms with E-state index in [1.54, 1.807) is 6.07 Å². The van der Waals surface area contributed by atoms with Gasteiger partial charge < -0.3 is 10.3 Å². The van der Waals surface area contributed by atoms with E-state index < -0.39 is 0 Å². The Morgan fingerprint density at radius 2 is 2.06 bits per heavy atom. The predicted octanol–water partition coefficient (Wildman–Crippen LogP) is 3.00. The normalized spacial score (nSPS) is 18.4. The van der Waals surface area contributed by atoms with Gasteiger partial charge in [0.1, 0.15) is 5.82 Å². The van der Waals surface area contributed by atoms with Crippen LogP contribution in [0.4, 0.5) is 4.39 Å². The predicted molar refractivity (Wildman–Crippen MR) is 67.7 cm³/mol. The number of aromatic nitrogens is 1. The Balaban J connectivity index is 2.42. The summed E-state index contributed by atoms with van der Waals surface area (Å²) in [5.74, 6) is -0.157. The maximum atomic E-state index is 13.9. The molecule has 0 saturated heterocycles. The smallest absolute Gasteiger partial charge is 0.147 e. The number of halogens is 1. The Morgan fingerprint density at radius 3 is 2.82 bits per heavy atom. The molecule has 2 nitrogen and oxygen atoms in total. The zero-order valence-electron chi connectivity index (χ0n) is 10.4. The maximum Gasteiger partial charge on any atom is 0.147 e. The third-order valence-electron chi connectivity index (χ3n) is 3.76. The fraction of sp³-hybridized carbons (Fsp3) is 0.429. The number of rotatable bonds is 0. The second kappa shape index (κ2) is 3.33. The number of hydrogen-bond donors (Lipinski definition) is 2. The molecule has 2 N–H and O–H groups in total. The number of aromatic amines is 1. The van der Waals surface area contributed by atoms with Gasteiger partial charge in [0, 0.05) is 29.6 Å². The number of nitrogens with one attached hydrogen (secondary N) is 2. The summed E-state index contributed by atoms with van der Waals surface area (Å²) in [5, 5.41) is 4.47. The monoisotopic (exact) mass is 232 g/mol. The highest BCUT2D eigenvalue weighted by Gasteiger charge is 2.31. The molecule has 2 aromatic rings. The standard InChI is InChI=1S/C14H17FN2/c1-8-4-5-10(15)12-11(8)9-6-16-7-14(2,3)13(9)17-12/h4-5,16-17H,6-7H2,1-3H3. The number of H-pyrrole nitrogens is 1. The molecule has 0 unspecified atom stereocenters.